The number of likely N-dealkylation sites (tertiary alicyclic amines) is 1. The maximum Gasteiger partial charge on any atom is 0.273 e. The van der Waals surface area contributed by atoms with Gasteiger partial charge >= 0.3 is 0 Å². The zero-order chi connectivity index (χ0) is 28.1. The van der Waals surface area contributed by atoms with Crippen molar-refractivity contribution in [3.63, 3.8) is 0 Å². The maximum atomic E-state index is 14.2. The first-order chi connectivity index (χ1) is 19.4. The van der Waals surface area contributed by atoms with Gasteiger partial charge in [-0.1, -0.05) is 54.8 Å². The van der Waals surface area contributed by atoms with Crippen LogP contribution in [0.25, 0.3) is 11.3 Å². The highest BCUT2D eigenvalue weighted by molar-refractivity contribution is 5.94. The number of carbonyl (C=O) groups is 2. The molecular formula is C31H36F2N4O3. The van der Waals surface area contributed by atoms with E-state index in [2.05, 4.69) is 27.5 Å². The molecule has 2 heterocycles. The van der Waals surface area contributed by atoms with E-state index in [1.54, 1.807) is 4.90 Å². The summed E-state index contributed by atoms with van der Waals surface area (Å²) >= 11 is 0. The summed E-state index contributed by atoms with van der Waals surface area (Å²) in [7, 11) is 1.82. The molecule has 7 nitrogen and oxygen atoms in total. The Morgan fingerprint density at radius 3 is 2.58 bits per heavy atom. The van der Waals surface area contributed by atoms with Crippen LogP contribution in [-0.4, -0.2) is 65.5 Å². The molecule has 0 spiro atoms. The topological polar surface area (TPSA) is 78.7 Å². The van der Waals surface area contributed by atoms with Gasteiger partial charge in [-0.15, -0.1) is 0 Å². The Hall–Kier alpha value is -3.59. The zero-order valence-electron chi connectivity index (χ0n) is 22.8. The van der Waals surface area contributed by atoms with Crippen molar-refractivity contribution in [2.45, 2.75) is 57.0 Å². The van der Waals surface area contributed by atoms with Gasteiger partial charge in [-0.3, -0.25) is 14.5 Å². The number of halogens is 2. The fourth-order valence-corrected chi connectivity index (χ4v) is 5.95. The summed E-state index contributed by atoms with van der Waals surface area (Å²) in [5.41, 5.74) is 1.16. The van der Waals surface area contributed by atoms with Crippen molar-refractivity contribution < 1.29 is 22.9 Å². The number of nitrogens with zero attached hydrogens (tertiary/aromatic N) is 3. The molecule has 1 saturated heterocycles. The van der Waals surface area contributed by atoms with Gasteiger partial charge in [0.1, 0.15) is 11.6 Å². The van der Waals surface area contributed by atoms with Crippen LogP contribution in [-0.2, 0) is 11.2 Å². The third kappa shape index (κ3) is 6.58. The summed E-state index contributed by atoms with van der Waals surface area (Å²) in [5, 5.41) is 6.84. The molecule has 2 aromatic carbocycles. The van der Waals surface area contributed by atoms with E-state index >= 15 is 0 Å². The van der Waals surface area contributed by atoms with Crippen molar-refractivity contribution in [3.05, 3.63) is 77.5 Å². The summed E-state index contributed by atoms with van der Waals surface area (Å²) in [4.78, 5) is 31.2. The summed E-state index contributed by atoms with van der Waals surface area (Å²) in [5.74, 6) is -2.36. The number of hydrogen-bond acceptors (Lipinski definition) is 5. The minimum atomic E-state index is -0.803. The highest BCUT2D eigenvalue weighted by Crippen LogP contribution is 2.29. The molecule has 1 aromatic heterocycles. The van der Waals surface area contributed by atoms with Crippen molar-refractivity contribution in [1.29, 1.82) is 0 Å². The van der Waals surface area contributed by atoms with Crippen LogP contribution in [0.3, 0.4) is 0 Å². The quantitative estimate of drug-likeness (QED) is 0.424. The predicted molar refractivity (Wildman–Crippen MR) is 147 cm³/mol. The minimum absolute atomic E-state index is 0.0102. The number of likely N-dealkylation sites (N-methyl/N-ethyl adjacent to an activating group) is 1. The molecule has 1 aliphatic carbocycles. The van der Waals surface area contributed by atoms with E-state index in [-0.39, 0.29) is 29.0 Å². The first-order valence-electron chi connectivity index (χ1n) is 14.1. The van der Waals surface area contributed by atoms with E-state index in [0.717, 1.165) is 37.9 Å². The first-order valence-corrected chi connectivity index (χ1v) is 14.1. The number of benzene rings is 2. The number of hydrogen-bond donors (Lipinski definition) is 1. The van der Waals surface area contributed by atoms with E-state index in [1.165, 1.54) is 37.0 Å². The Balaban J connectivity index is 1.29. The fourth-order valence-electron chi connectivity index (χ4n) is 5.95. The molecule has 0 unspecified atom stereocenters. The largest absolute Gasteiger partial charge is 0.355 e. The van der Waals surface area contributed by atoms with Gasteiger partial charge in [0.05, 0.1) is 11.5 Å². The molecule has 2 amide bonds. The molecule has 1 saturated carbocycles. The second-order valence-electron chi connectivity index (χ2n) is 11.0. The Labute approximate surface area is 233 Å². The van der Waals surface area contributed by atoms with Crippen molar-refractivity contribution in [1.82, 2.24) is 20.3 Å². The summed E-state index contributed by atoms with van der Waals surface area (Å²) in [6, 6.07) is 14.6. The Kier molecular flexibility index (Phi) is 8.89. The van der Waals surface area contributed by atoms with Crippen LogP contribution in [0.4, 0.5) is 8.78 Å². The lowest BCUT2D eigenvalue weighted by molar-refractivity contribution is -0.137. The number of amides is 2. The van der Waals surface area contributed by atoms with E-state index in [0.29, 0.717) is 25.6 Å². The predicted octanol–water partition coefficient (Wildman–Crippen LogP) is 5.07. The first kappa shape index (κ1) is 28.0. The molecule has 9 heteroatoms. The molecule has 1 aliphatic heterocycles. The van der Waals surface area contributed by atoms with E-state index in [9.17, 15) is 18.4 Å². The molecule has 2 atom stereocenters. The smallest absolute Gasteiger partial charge is 0.273 e. The lowest BCUT2D eigenvalue weighted by Gasteiger charge is -2.43. The van der Waals surface area contributed by atoms with Gasteiger partial charge in [0.25, 0.3) is 5.91 Å². The third-order valence-electron chi connectivity index (χ3n) is 8.26. The standard InChI is InChI=1S/C31H36F2N4O3/c1-36(16-14-21-8-4-2-5-9-21)31(39)25-20-37(23-10-6-3-7-11-23)17-15-27(25)34-30(38)28-19-29(40-35-28)24-13-12-22(32)18-26(24)33/h2,4-5,8-9,12-13,18-19,23,25,27H,3,6-7,10-11,14-17,20H2,1H3,(H,34,38)/t25-,27-/m1/s1. The third-order valence-corrected chi connectivity index (χ3v) is 8.26. The van der Waals surface area contributed by atoms with Gasteiger partial charge in [0.2, 0.25) is 5.91 Å². The van der Waals surface area contributed by atoms with Crippen molar-refractivity contribution in [2.24, 2.45) is 5.92 Å². The SMILES string of the molecule is CN(CCc1ccccc1)C(=O)[C@@H]1CN(C2CCCCC2)CC[C@H]1NC(=O)c1cc(-c2ccc(F)cc2F)on1. The van der Waals surface area contributed by atoms with Gasteiger partial charge in [-0.25, -0.2) is 8.78 Å². The Bertz CT molecular complexity index is 1310. The number of aromatic nitrogens is 1. The zero-order valence-corrected chi connectivity index (χ0v) is 22.8. The monoisotopic (exact) mass is 550 g/mol. The fraction of sp³-hybridized carbons (Fsp3) is 0.452. The summed E-state index contributed by atoms with van der Waals surface area (Å²) < 4.78 is 32.7. The average Bonchev–Trinajstić information content (AvgIpc) is 3.47. The van der Waals surface area contributed by atoms with Crippen LogP contribution in [0.15, 0.2) is 59.1 Å². The summed E-state index contributed by atoms with van der Waals surface area (Å²) in [6.07, 6.45) is 7.35. The molecular weight excluding hydrogens is 514 g/mol. The molecule has 40 heavy (non-hydrogen) atoms. The molecule has 2 aliphatic rings. The van der Waals surface area contributed by atoms with Crippen molar-refractivity contribution >= 4 is 11.8 Å². The van der Waals surface area contributed by atoms with Gasteiger partial charge in [-0.2, -0.15) is 0 Å². The molecule has 0 radical (unpaired) electrons. The normalized spacial score (nSPS) is 20.3. The summed E-state index contributed by atoms with van der Waals surface area (Å²) in [6.45, 7) is 1.98. The number of nitrogens with one attached hydrogen (secondary N) is 1. The van der Waals surface area contributed by atoms with Gasteiger partial charge in [0.15, 0.2) is 11.5 Å². The van der Waals surface area contributed by atoms with E-state index < -0.39 is 23.5 Å². The molecule has 1 N–H and O–H groups in total. The molecule has 2 fully saturated rings. The van der Waals surface area contributed by atoms with Crippen LogP contribution in [0.2, 0.25) is 0 Å². The van der Waals surface area contributed by atoms with Crippen LogP contribution in [0, 0.1) is 17.6 Å². The van der Waals surface area contributed by atoms with Crippen LogP contribution in [0.5, 0.6) is 0 Å². The van der Waals surface area contributed by atoms with Crippen LogP contribution < -0.4 is 5.32 Å². The molecule has 0 bridgehead atoms. The minimum Gasteiger partial charge on any atom is -0.355 e. The maximum absolute atomic E-state index is 14.2. The van der Waals surface area contributed by atoms with Crippen LogP contribution >= 0.6 is 0 Å². The van der Waals surface area contributed by atoms with Gasteiger partial charge in [0, 0.05) is 50.9 Å². The highest BCUT2D eigenvalue weighted by Gasteiger charge is 2.39. The molecule has 3 aromatic rings. The second-order valence-corrected chi connectivity index (χ2v) is 11.0. The highest BCUT2D eigenvalue weighted by atomic mass is 19.1. The Morgan fingerprint density at radius 2 is 1.82 bits per heavy atom. The molecule has 5 rings (SSSR count). The van der Waals surface area contributed by atoms with Crippen molar-refractivity contribution in [2.75, 3.05) is 26.7 Å². The number of carbonyl (C=O) groups excluding carboxylic acids is 2. The van der Waals surface area contributed by atoms with E-state index in [4.69, 9.17) is 4.52 Å². The van der Waals surface area contributed by atoms with Crippen molar-refractivity contribution in [3.8, 4) is 11.3 Å². The molecule has 212 valence electrons. The number of rotatable bonds is 8. The van der Waals surface area contributed by atoms with Gasteiger partial charge < -0.3 is 14.7 Å². The number of piperidine rings is 1. The van der Waals surface area contributed by atoms with Crippen LogP contribution in [0.1, 0.15) is 54.6 Å². The second kappa shape index (κ2) is 12.7. The van der Waals surface area contributed by atoms with Gasteiger partial charge in [-0.05, 0) is 43.4 Å². The Morgan fingerprint density at radius 1 is 1.05 bits per heavy atom. The van der Waals surface area contributed by atoms with E-state index in [1.807, 2.05) is 25.2 Å². The lowest BCUT2D eigenvalue weighted by atomic mass is 9.86. The average molecular weight is 551 g/mol. The lowest BCUT2D eigenvalue weighted by Crippen LogP contribution is -2.58.